The second kappa shape index (κ2) is 7.52. The van der Waals surface area contributed by atoms with E-state index in [-0.39, 0.29) is 12.0 Å². The summed E-state index contributed by atoms with van der Waals surface area (Å²) in [4.78, 5) is 21.3. The molecule has 0 spiro atoms. The summed E-state index contributed by atoms with van der Waals surface area (Å²) in [6.45, 7) is 3.92. The highest BCUT2D eigenvalue weighted by atomic mass is 32.1. The summed E-state index contributed by atoms with van der Waals surface area (Å²) in [6.07, 6.45) is 5.88. The highest BCUT2D eigenvalue weighted by Crippen LogP contribution is 2.23. The fourth-order valence-electron chi connectivity index (χ4n) is 2.45. The molecular weight excluding hydrogens is 312 g/mol. The Hall–Kier alpha value is -1.99. The van der Waals surface area contributed by atoms with E-state index in [2.05, 4.69) is 20.6 Å². The van der Waals surface area contributed by atoms with E-state index < -0.39 is 0 Å². The van der Waals surface area contributed by atoms with Crippen molar-refractivity contribution < 1.29 is 9.53 Å². The van der Waals surface area contributed by atoms with Crippen LogP contribution in [0.15, 0.2) is 24.5 Å². The van der Waals surface area contributed by atoms with Crippen molar-refractivity contribution in [1.29, 1.82) is 0 Å². The molecule has 1 saturated heterocycles. The zero-order valence-corrected chi connectivity index (χ0v) is 13.9. The molecule has 1 unspecified atom stereocenters. The third kappa shape index (κ3) is 4.27. The number of nitrogens with zero attached hydrogens (tertiary/aromatic N) is 2. The van der Waals surface area contributed by atoms with Gasteiger partial charge in [0.1, 0.15) is 4.88 Å². The number of aryl methyl sites for hydroxylation is 1. The van der Waals surface area contributed by atoms with Crippen molar-refractivity contribution in [3.05, 3.63) is 40.7 Å². The maximum atomic E-state index is 12.3. The van der Waals surface area contributed by atoms with Gasteiger partial charge in [0.2, 0.25) is 0 Å². The number of anilines is 1. The van der Waals surface area contributed by atoms with Gasteiger partial charge in [0, 0.05) is 32.1 Å². The molecule has 1 fully saturated rings. The smallest absolute Gasteiger partial charge is 0.263 e. The molecule has 0 radical (unpaired) electrons. The van der Waals surface area contributed by atoms with Crippen LogP contribution in [0.3, 0.4) is 0 Å². The Morgan fingerprint density at radius 2 is 2.26 bits per heavy atom. The average Bonchev–Trinajstić information content (AvgIpc) is 3.21. The number of aromatic nitrogens is 2. The van der Waals surface area contributed by atoms with Gasteiger partial charge in [-0.25, -0.2) is 4.98 Å². The molecule has 0 saturated carbocycles. The Morgan fingerprint density at radius 1 is 1.43 bits per heavy atom. The number of carbonyl (C=O) groups is 1. The topological polar surface area (TPSA) is 76.1 Å². The molecule has 2 aromatic heterocycles. The summed E-state index contributed by atoms with van der Waals surface area (Å²) in [6, 6.07) is 3.77. The van der Waals surface area contributed by atoms with Crippen LogP contribution in [0.5, 0.6) is 0 Å². The van der Waals surface area contributed by atoms with Gasteiger partial charge in [-0.05, 0) is 37.5 Å². The van der Waals surface area contributed by atoms with E-state index in [9.17, 15) is 4.79 Å². The van der Waals surface area contributed by atoms with Gasteiger partial charge in [0.25, 0.3) is 5.91 Å². The highest BCUT2D eigenvalue weighted by molar-refractivity contribution is 7.17. The zero-order chi connectivity index (χ0) is 16.1. The van der Waals surface area contributed by atoms with E-state index in [0.29, 0.717) is 11.4 Å². The maximum absolute atomic E-state index is 12.3. The Balaban J connectivity index is 1.55. The lowest BCUT2D eigenvalue weighted by Crippen LogP contribution is -2.22. The van der Waals surface area contributed by atoms with E-state index >= 15 is 0 Å². The second-order valence-corrected chi connectivity index (χ2v) is 6.49. The Bertz CT molecular complexity index is 653. The third-order valence-corrected chi connectivity index (χ3v) is 4.82. The average molecular weight is 332 g/mol. The second-order valence-electron chi connectivity index (χ2n) is 5.49. The molecule has 1 amide bonds. The van der Waals surface area contributed by atoms with Crippen molar-refractivity contribution in [2.45, 2.75) is 32.4 Å². The van der Waals surface area contributed by atoms with Gasteiger partial charge < -0.3 is 15.4 Å². The van der Waals surface area contributed by atoms with E-state index in [4.69, 9.17) is 4.74 Å². The van der Waals surface area contributed by atoms with Crippen molar-refractivity contribution in [3.63, 3.8) is 0 Å². The summed E-state index contributed by atoms with van der Waals surface area (Å²) in [7, 11) is 0. The molecule has 3 heterocycles. The molecule has 1 aliphatic rings. The summed E-state index contributed by atoms with van der Waals surface area (Å²) in [5, 5.41) is 6.96. The fourth-order valence-corrected chi connectivity index (χ4v) is 3.34. The monoisotopic (exact) mass is 332 g/mol. The van der Waals surface area contributed by atoms with Crippen molar-refractivity contribution in [2.75, 3.05) is 18.5 Å². The van der Waals surface area contributed by atoms with Crippen molar-refractivity contribution in [1.82, 2.24) is 15.3 Å². The van der Waals surface area contributed by atoms with Gasteiger partial charge in [0.05, 0.1) is 11.8 Å². The lowest BCUT2D eigenvalue weighted by Gasteiger charge is -2.09. The van der Waals surface area contributed by atoms with Crippen LogP contribution >= 0.6 is 11.3 Å². The Labute approximate surface area is 139 Å². The quantitative estimate of drug-likeness (QED) is 0.849. The van der Waals surface area contributed by atoms with Crippen LogP contribution in [-0.2, 0) is 11.3 Å². The first kappa shape index (κ1) is 15.9. The number of hydrogen-bond acceptors (Lipinski definition) is 6. The number of pyridine rings is 1. The summed E-state index contributed by atoms with van der Waals surface area (Å²) in [5.41, 5.74) is 1.77. The first-order chi connectivity index (χ1) is 11.2. The van der Waals surface area contributed by atoms with Crippen LogP contribution in [-0.4, -0.2) is 35.1 Å². The standard InChI is InChI=1S/C16H20N4O2S/c1-11-14(15(21)18-9-12-4-6-17-7-5-12)23-16(20-11)19-10-13-3-2-8-22-13/h4-7,13H,2-3,8-10H2,1H3,(H,18,21)(H,19,20). The van der Waals surface area contributed by atoms with Gasteiger partial charge in [-0.3, -0.25) is 9.78 Å². The van der Waals surface area contributed by atoms with Crippen LogP contribution in [0.1, 0.15) is 33.8 Å². The first-order valence-electron chi connectivity index (χ1n) is 7.72. The summed E-state index contributed by atoms with van der Waals surface area (Å²) < 4.78 is 5.58. The normalized spacial score (nSPS) is 17.2. The molecule has 2 N–H and O–H groups in total. The van der Waals surface area contributed by atoms with Crippen LogP contribution in [0.2, 0.25) is 0 Å². The van der Waals surface area contributed by atoms with Gasteiger partial charge in [0.15, 0.2) is 5.13 Å². The number of carbonyl (C=O) groups excluding carboxylic acids is 1. The molecule has 1 aliphatic heterocycles. The van der Waals surface area contributed by atoms with Gasteiger partial charge in [-0.2, -0.15) is 0 Å². The Morgan fingerprint density at radius 3 is 3.00 bits per heavy atom. The molecule has 2 aromatic rings. The minimum atomic E-state index is -0.0954. The molecule has 1 atom stereocenters. The maximum Gasteiger partial charge on any atom is 0.263 e. The van der Waals surface area contributed by atoms with E-state index in [1.54, 1.807) is 12.4 Å². The van der Waals surface area contributed by atoms with Crippen LogP contribution < -0.4 is 10.6 Å². The lowest BCUT2D eigenvalue weighted by molar-refractivity contribution is 0.0954. The van der Waals surface area contributed by atoms with Crippen molar-refractivity contribution in [3.8, 4) is 0 Å². The number of ether oxygens (including phenoxy) is 1. The minimum Gasteiger partial charge on any atom is -0.376 e. The summed E-state index contributed by atoms with van der Waals surface area (Å²) in [5.74, 6) is -0.0954. The molecule has 7 heteroatoms. The predicted octanol–water partition coefficient (Wildman–Crippen LogP) is 2.37. The SMILES string of the molecule is Cc1nc(NCC2CCCO2)sc1C(=O)NCc1ccncc1. The van der Waals surface area contributed by atoms with Gasteiger partial charge >= 0.3 is 0 Å². The largest absolute Gasteiger partial charge is 0.376 e. The third-order valence-electron chi connectivity index (χ3n) is 3.71. The van der Waals surface area contributed by atoms with Crippen LogP contribution in [0.4, 0.5) is 5.13 Å². The zero-order valence-electron chi connectivity index (χ0n) is 13.0. The highest BCUT2D eigenvalue weighted by Gasteiger charge is 2.18. The van der Waals surface area contributed by atoms with E-state index in [0.717, 1.165) is 42.4 Å². The minimum absolute atomic E-state index is 0.0954. The molecule has 6 nitrogen and oxygen atoms in total. The molecule has 23 heavy (non-hydrogen) atoms. The van der Waals surface area contributed by atoms with Crippen LogP contribution in [0.25, 0.3) is 0 Å². The lowest BCUT2D eigenvalue weighted by atomic mass is 10.2. The molecule has 0 bridgehead atoms. The van der Waals surface area contributed by atoms with Crippen LogP contribution in [0, 0.1) is 6.92 Å². The Kier molecular flexibility index (Phi) is 5.19. The number of hydrogen-bond donors (Lipinski definition) is 2. The molecule has 0 aromatic carbocycles. The molecule has 0 aliphatic carbocycles. The number of thiazole rings is 1. The molecular formula is C16H20N4O2S. The number of rotatable bonds is 6. The fraction of sp³-hybridized carbons (Fsp3) is 0.438. The van der Waals surface area contributed by atoms with Gasteiger partial charge in [-0.15, -0.1) is 0 Å². The predicted molar refractivity (Wildman–Crippen MR) is 89.7 cm³/mol. The molecule has 3 rings (SSSR count). The van der Waals surface area contributed by atoms with E-state index in [1.165, 1.54) is 11.3 Å². The van der Waals surface area contributed by atoms with E-state index in [1.807, 2.05) is 19.1 Å². The van der Waals surface area contributed by atoms with Crippen molar-refractivity contribution in [2.24, 2.45) is 0 Å². The van der Waals surface area contributed by atoms with Crippen molar-refractivity contribution >= 4 is 22.4 Å². The molecule has 122 valence electrons. The first-order valence-corrected chi connectivity index (χ1v) is 8.54. The number of amides is 1. The summed E-state index contributed by atoms with van der Waals surface area (Å²) >= 11 is 1.38. The van der Waals surface area contributed by atoms with Gasteiger partial charge in [-0.1, -0.05) is 11.3 Å². The number of nitrogens with one attached hydrogen (secondary N) is 2.